The van der Waals surface area contributed by atoms with Crippen LogP contribution in [0, 0.1) is 0 Å². The summed E-state index contributed by atoms with van der Waals surface area (Å²) in [5.41, 5.74) is 2.86. The molecule has 0 heterocycles. The van der Waals surface area contributed by atoms with Crippen LogP contribution < -0.4 is 12.4 Å². The van der Waals surface area contributed by atoms with E-state index >= 15 is 0 Å². The molecule has 0 saturated heterocycles. The molecular formula is C14H18ClY. The third kappa shape index (κ3) is 7.38. The van der Waals surface area contributed by atoms with E-state index in [1.807, 2.05) is 0 Å². The standard InChI is InChI=1S/2C7H9.ClH.Y/c2*1-2-7-5-3-4-6-7;;/h2*3-6H,2H2,1H3;1H;/q2*-1;;+3/p-1. The first-order valence-electron chi connectivity index (χ1n) is 5.28. The first-order chi connectivity index (χ1) is 6.86. The number of hydrogen-bond donors (Lipinski definition) is 0. The Morgan fingerprint density at radius 1 is 0.688 bits per heavy atom. The quantitative estimate of drug-likeness (QED) is 0.724. The Balaban J connectivity index is 0. The second-order valence-corrected chi connectivity index (χ2v) is 3.29. The minimum Gasteiger partial charge on any atom is -1.00 e. The zero-order valence-corrected chi connectivity index (χ0v) is 13.6. The largest absolute Gasteiger partial charge is 3.00 e. The van der Waals surface area contributed by atoms with Crippen molar-refractivity contribution >= 4 is 0 Å². The third-order valence-corrected chi connectivity index (χ3v) is 2.28. The molecule has 0 aromatic heterocycles. The summed E-state index contributed by atoms with van der Waals surface area (Å²) < 4.78 is 0. The van der Waals surface area contributed by atoms with Crippen molar-refractivity contribution < 1.29 is 45.1 Å². The molecule has 2 rings (SSSR count). The van der Waals surface area contributed by atoms with Gasteiger partial charge in [0, 0.05) is 0 Å². The average molecular weight is 311 g/mol. The van der Waals surface area contributed by atoms with Crippen molar-refractivity contribution in [1.29, 1.82) is 0 Å². The van der Waals surface area contributed by atoms with Gasteiger partial charge in [0.1, 0.15) is 0 Å². The van der Waals surface area contributed by atoms with Gasteiger partial charge in [-0.3, -0.25) is 0 Å². The molecule has 2 heteroatoms. The van der Waals surface area contributed by atoms with E-state index < -0.39 is 0 Å². The summed E-state index contributed by atoms with van der Waals surface area (Å²) in [5, 5.41) is 0. The minimum atomic E-state index is 0. The van der Waals surface area contributed by atoms with Crippen LogP contribution in [0.5, 0.6) is 0 Å². The third-order valence-electron chi connectivity index (χ3n) is 2.28. The van der Waals surface area contributed by atoms with Gasteiger partial charge in [-0.2, -0.15) is 35.4 Å². The van der Waals surface area contributed by atoms with Gasteiger partial charge in [0.2, 0.25) is 0 Å². The van der Waals surface area contributed by atoms with Crippen LogP contribution in [-0.4, -0.2) is 0 Å². The van der Waals surface area contributed by atoms with Crippen molar-refractivity contribution in [3.05, 3.63) is 59.7 Å². The zero-order valence-electron chi connectivity index (χ0n) is 9.99. The monoisotopic (exact) mass is 310 g/mol. The Bertz CT molecular complexity index is 274. The maximum atomic E-state index is 2.16. The molecule has 0 fully saturated rings. The molecule has 0 bridgehead atoms. The number of aryl methyl sites for hydroxylation is 2. The predicted molar refractivity (Wildman–Crippen MR) is 62.8 cm³/mol. The van der Waals surface area contributed by atoms with Crippen molar-refractivity contribution in [2.75, 3.05) is 0 Å². The van der Waals surface area contributed by atoms with Crippen molar-refractivity contribution in [3.8, 4) is 0 Å². The Morgan fingerprint density at radius 2 is 0.938 bits per heavy atom. The molecule has 0 aliphatic rings. The van der Waals surface area contributed by atoms with E-state index in [1.165, 1.54) is 11.1 Å². The molecule has 0 saturated carbocycles. The van der Waals surface area contributed by atoms with Crippen molar-refractivity contribution in [2.45, 2.75) is 26.7 Å². The second-order valence-electron chi connectivity index (χ2n) is 3.29. The number of rotatable bonds is 2. The fourth-order valence-corrected chi connectivity index (χ4v) is 1.30. The summed E-state index contributed by atoms with van der Waals surface area (Å²) in [7, 11) is 0. The van der Waals surface area contributed by atoms with E-state index in [9.17, 15) is 0 Å². The Hall–Kier alpha value is 0.0939. The van der Waals surface area contributed by atoms with Crippen molar-refractivity contribution in [3.63, 3.8) is 0 Å². The van der Waals surface area contributed by atoms with E-state index in [4.69, 9.17) is 0 Å². The average Bonchev–Trinajstić information content (AvgIpc) is 2.92. The number of hydrogen-bond acceptors (Lipinski definition) is 0. The van der Waals surface area contributed by atoms with Crippen LogP contribution >= 0.6 is 0 Å². The zero-order chi connectivity index (χ0) is 10.2. The molecule has 2 aromatic rings. The molecule has 0 unspecified atom stereocenters. The van der Waals surface area contributed by atoms with Gasteiger partial charge in [0.25, 0.3) is 0 Å². The summed E-state index contributed by atoms with van der Waals surface area (Å²) >= 11 is 0. The van der Waals surface area contributed by atoms with Crippen LogP contribution in [0.25, 0.3) is 0 Å². The van der Waals surface area contributed by atoms with E-state index in [1.54, 1.807) is 0 Å². The Morgan fingerprint density at radius 3 is 1.06 bits per heavy atom. The molecule has 0 amide bonds. The molecule has 16 heavy (non-hydrogen) atoms. The molecule has 84 valence electrons. The number of halogens is 1. The van der Waals surface area contributed by atoms with Gasteiger partial charge < -0.3 is 12.4 Å². The van der Waals surface area contributed by atoms with Crippen molar-refractivity contribution in [1.82, 2.24) is 0 Å². The minimum absolute atomic E-state index is 0. The molecule has 0 aliphatic carbocycles. The SMILES string of the molecule is CC[c-]1cccc1.CC[c-]1cccc1.[Cl-].[Y+3]. The summed E-state index contributed by atoms with van der Waals surface area (Å²) in [6, 6.07) is 16.8. The van der Waals surface area contributed by atoms with Crippen LogP contribution in [-0.2, 0) is 45.6 Å². The van der Waals surface area contributed by atoms with Gasteiger partial charge >= 0.3 is 32.7 Å². The van der Waals surface area contributed by atoms with Crippen LogP contribution in [0.2, 0.25) is 0 Å². The molecular weight excluding hydrogens is 293 g/mol. The normalized spacial score (nSPS) is 8.12. The van der Waals surface area contributed by atoms with Gasteiger partial charge in [-0.05, 0) is 0 Å². The van der Waals surface area contributed by atoms with E-state index in [0.29, 0.717) is 0 Å². The van der Waals surface area contributed by atoms with Gasteiger partial charge in [0.15, 0.2) is 0 Å². The van der Waals surface area contributed by atoms with E-state index in [0.717, 1.165) is 12.8 Å². The maximum absolute atomic E-state index is 2.16. The fraction of sp³-hybridized carbons (Fsp3) is 0.286. The summed E-state index contributed by atoms with van der Waals surface area (Å²) in [6.07, 6.45) is 2.32. The molecule has 0 nitrogen and oxygen atoms in total. The Labute approximate surface area is 130 Å². The first kappa shape index (κ1) is 18.5. The molecule has 0 N–H and O–H groups in total. The van der Waals surface area contributed by atoms with Crippen molar-refractivity contribution in [2.24, 2.45) is 0 Å². The van der Waals surface area contributed by atoms with Crippen LogP contribution in [0.3, 0.4) is 0 Å². The summed E-state index contributed by atoms with van der Waals surface area (Å²) in [4.78, 5) is 0. The Kier molecular flexibility index (Phi) is 13.4. The van der Waals surface area contributed by atoms with Gasteiger partial charge in [0.05, 0.1) is 0 Å². The van der Waals surface area contributed by atoms with E-state index in [-0.39, 0.29) is 45.1 Å². The molecule has 0 spiro atoms. The van der Waals surface area contributed by atoms with E-state index in [2.05, 4.69) is 62.4 Å². The van der Waals surface area contributed by atoms with Crippen LogP contribution in [0.1, 0.15) is 25.0 Å². The van der Waals surface area contributed by atoms with Crippen LogP contribution in [0.15, 0.2) is 48.5 Å². The topological polar surface area (TPSA) is 0 Å². The second kappa shape index (κ2) is 11.6. The molecule has 0 aliphatic heterocycles. The van der Waals surface area contributed by atoms with Gasteiger partial charge in [-0.25, -0.2) is 24.3 Å². The summed E-state index contributed by atoms with van der Waals surface area (Å²) in [5.74, 6) is 0. The van der Waals surface area contributed by atoms with Gasteiger partial charge in [-0.15, -0.1) is 0 Å². The predicted octanol–water partition coefficient (Wildman–Crippen LogP) is 0.937. The molecule has 2 aromatic carbocycles. The first-order valence-corrected chi connectivity index (χ1v) is 5.28. The summed E-state index contributed by atoms with van der Waals surface area (Å²) in [6.45, 7) is 4.32. The smallest absolute Gasteiger partial charge is 1.00 e. The van der Waals surface area contributed by atoms with Gasteiger partial charge in [-0.1, -0.05) is 26.7 Å². The fourth-order valence-electron chi connectivity index (χ4n) is 1.30. The van der Waals surface area contributed by atoms with Crippen LogP contribution in [0.4, 0.5) is 0 Å². The maximum Gasteiger partial charge on any atom is 3.00 e. The molecule has 0 atom stereocenters. The molecule has 0 radical (unpaired) electrons.